The van der Waals surface area contributed by atoms with E-state index in [0.29, 0.717) is 6.42 Å². The maximum absolute atomic E-state index is 7.53. The van der Waals surface area contributed by atoms with Crippen molar-refractivity contribution >= 4 is 74.5 Å². The van der Waals surface area contributed by atoms with Gasteiger partial charge in [-0.15, -0.1) is 0 Å². The van der Waals surface area contributed by atoms with Gasteiger partial charge in [-0.3, -0.25) is 0 Å². The predicted octanol–water partition coefficient (Wildman–Crippen LogP) is 12.7. The molecule has 0 radical (unpaired) electrons. The summed E-state index contributed by atoms with van der Waals surface area (Å²) in [5.41, 5.74) is 18.5. The Morgan fingerprint density at radius 2 is 0.918 bits per heavy atom. The molecule has 4 heterocycles. The summed E-state index contributed by atoms with van der Waals surface area (Å²) >= 11 is 0. The first kappa shape index (κ1) is 35.5. The van der Waals surface area contributed by atoms with E-state index in [9.17, 15) is 0 Å². The highest BCUT2D eigenvalue weighted by molar-refractivity contribution is 6.94. The van der Waals surface area contributed by atoms with Crippen molar-refractivity contribution < 1.29 is 4.74 Å². The van der Waals surface area contributed by atoms with E-state index in [1.807, 2.05) is 0 Å². The van der Waals surface area contributed by atoms with Gasteiger partial charge in [-0.1, -0.05) is 141 Å². The van der Waals surface area contributed by atoms with Crippen LogP contribution in [0.1, 0.15) is 31.4 Å². The van der Waals surface area contributed by atoms with E-state index >= 15 is 0 Å². The quantitative estimate of drug-likeness (QED) is 0.156. The molecule has 61 heavy (non-hydrogen) atoms. The normalized spacial score (nSPS) is 16.5. The molecular weight excluding hydrogens is 743 g/mol. The second kappa shape index (κ2) is 13.8. The van der Waals surface area contributed by atoms with Gasteiger partial charge in [-0.25, -0.2) is 0 Å². The van der Waals surface area contributed by atoms with E-state index in [-0.39, 0.29) is 18.4 Å². The third kappa shape index (κ3) is 5.41. The van der Waals surface area contributed by atoms with Crippen molar-refractivity contribution in [1.29, 1.82) is 0 Å². The summed E-state index contributed by atoms with van der Waals surface area (Å²) < 4.78 is 7.53. The van der Waals surface area contributed by atoms with Crippen molar-refractivity contribution in [1.82, 2.24) is 0 Å². The molecule has 4 aliphatic heterocycles. The van der Waals surface area contributed by atoms with Gasteiger partial charge >= 0.3 is 0 Å². The molecule has 0 N–H and O–H groups in total. The maximum atomic E-state index is 7.53. The standard InChI is InChI=1S/C55H43BN4O/c1-55(2)43-29-15-18-32-46(43)60(47-33-19-16-30-44(47)55)42-35-49-53-50(36-42)59(41-27-13-6-14-28-41)51-37-52(57(38-21-7-3-8-22-38)39-23-9-4-10-24-39)61-54(51)56(53)45-31-17-20-34-48(45)58(49)40-25-11-5-12-26-40/h3-36,52H,37H2,1-2H3. The second-order valence-corrected chi connectivity index (χ2v) is 16.9. The molecule has 292 valence electrons. The summed E-state index contributed by atoms with van der Waals surface area (Å²) in [6.45, 7) is 4.57. The minimum atomic E-state index is -0.291. The fraction of sp³-hybridized carbons (Fsp3) is 0.0909. The topological polar surface area (TPSA) is 22.2 Å². The van der Waals surface area contributed by atoms with Crippen molar-refractivity contribution in [3.05, 3.63) is 229 Å². The Labute approximate surface area is 358 Å². The van der Waals surface area contributed by atoms with Gasteiger partial charge in [0, 0.05) is 51.6 Å². The SMILES string of the molecule is CC1(C)c2ccccc2N(c2cc3c4c(c2)N(c2ccccc2)c2ccccc2B4C2=C(CC(N(c4ccccc4)c4ccccc4)O2)N3c2ccccc2)c2ccccc21. The zero-order chi connectivity index (χ0) is 40.7. The van der Waals surface area contributed by atoms with Crippen LogP contribution < -0.4 is 30.5 Å². The van der Waals surface area contributed by atoms with Crippen molar-refractivity contribution in [3.63, 3.8) is 0 Å². The van der Waals surface area contributed by atoms with E-state index < -0.39 is 0 Å². The number of hydrogen-bond acceptors (Lipinski definition) is 5. The fourth-order valence-corrected chi connectivity index (χ4v) is 10.5. The average molecular weight is 787 g/mol. The number of nitrogens with zero attached hydrogens (tertiary/aromatic N) is 4. The van der Waals surface area contributed by atoms with Crippen LogP contribution in [0, 0.1) is 0 Å². The monoisotopic (exact) mass is 786 g/mol. The molecule has 0 saturated carbocycles. The van der Waals surface area contributed by atoms with Crippen LogP contribution in [0.25, 0.3) is 0 Å². The summed E-state index contributed by atoms with van der Waals surface area (Å²) in [4.78, 5) is 9.85. The highest BCUT2D eigenvalue weighted by Crippen LogP contribution is 2.55. The second-order valence-electron chi connectivity index (χ2n) is 16.9. The van der Waals surface area contributed by atoms with Crippen LogP contribution >= 0.6 is 0 Å². The Bertz CT molecular complexity index is 2900. The van der Waals surface area contributed by atoms with Crippen LogP contribution in [0.2, 0.25) is 0 Å². The molecule has 0 aromatic heterocycles. The lowest BCUT2D eigenvalue weighted by molar-refractivity contribution is 0.165. The molecule has 0 spiro atoms. The minimum absolute atomic E-state index is 0.136. The summed E-state index contributed by atoms with van der Waals surface area (Å²) in [5.74, 6) is 0. The summed E-state index contributed by atoms with van der Waals surface area (Å²) in [6, 6.07) is 74.8. The van der Waals surface area contributed by atoms with Crippen LogP contribution in [-0.2, 0) is 10.2 Å². The molecular formula is C55H43BN4O. The fourth-order valence-electron chi connectivity index (χ4n) is 10.5. The van der Waals surface area contributed by atoms with E-state index in [1.54, 1.807) is 0 Å². The third-order valence-electron chi connectivity index (χ3n) is 13.1. The van der Waals surface area contributed by atoms with Gasteiger partial charge in [0.2, 0.25) is 0 Å². The van der Waals surface area contributed by atoms with Crippen LogP contribution in [0.4, 0.5) is 56.9 Å². The summed E-state index contributed by atoms with van der Waals surface area (Å²) in [5, 5.41) is 0. The number of hydrogen-bond donors (Lipinski definition) is 0. The lowest BCUT2D eigenvalue weighted by Crippen LogP contribution is -2.56. The molecule has 0 fully saturated rings. The van der Waals surface area contributed by atoms with Crippen LogP contribution in [0.15, 0.2) is 218 Å². The molecule has 8 aromatic rings. The lowest BCUT2D eigenvalue weighted by Gasteiger charge is -2.45. The first-order valence-electron chi connectivity index (χ1n) is 21.3. The first-order chi connectivity index (χ1) is 30.1. The van der Waals surface area contributed by atoms with E-state index in [0.717, 1.165) is 51.2 Å². The van der Waals surface area contributed by atoms with Gasteiger partial charge in [0.25, 0.3) is 6.71 Å². The largest absolute Gasteiger partial charge is 0.481 e. The van der Waals surface area contributed by atoms with Crippen LogP contribution in [0.5, 0.6) is 0 Å². The van der Waals surface area contributed by atoms with Gasteiger partial charge in [0.05, 0.1) is 28.4 Å². The predicted molar refractivity (Wildman–Crippen MR) is 253 cm³/mol. The zero-order valence-electron chi connectivity index (χ0n) is 34.2. The Kier molecular flexibility index (Phi) is 8.04. The lowest BCUT2D eigenvalue weighted by atomic mass is 9.35. The van der Waals surface area contributed by atoms with Crippen LogP contribution in [-0.4, -0.2) is 12.9 Å². The van der Waals surface area contributed by atoms with Crippen molar-refractivity contribution in [2.45, 2.75) is 31.9 Å². The zero-order valence-corrected chi connectivity index (χ0v) is 34.2. The van der Waals surface area contributed by atoms with Crippen molar-refractivity contribution in [3.8, 4) is 0 Å². The molecule has 5 nitrogen and oxygen atoms in total. The summed E-state index contributed by atoms with van der Waals surface area (Å²) in [7, 11) is 0. The molecule has 1 atom stereocenters. The average Bonchev–Trinajstić information content (AvgIpc) is 3.74. The number of fused-ring (bicyclic) bond motifs is 5. The van der Waals surface area contributed by atoms with Gasteiger partial charge in [-0.2, -0.15) is 0 Å². The van der Waals surface area contributed by atoms with E-state index in [1.165, 1.54) is 39.1 Å². The van der Waals surface area contributed by atoms with E-state index in [4.69, 9.17) is 4.74 Å². The molecule has 6 heteroatoms. The minimum Gasteiger partial charge on any atom is -0.481 e. The van der Waals surface area contributed by atoms with Crippen LogP contribution in [0.3, 0.4) is 0 Å². The molecule has 0 aliphatic carbocycles. The Balaban J connectivity index is 1.14. The van der Waals surface area contributed by atoms with Crippen molar-refractivity contribution in [2.24, 2.45) is 0 Å². The molecule has 0 bridgehead atoms. The maximum Gasteiger partial charge on any atom is 0.296 e. The number of ether oxygens (including phenoxy) is 1. The number of para-hydroxylation sites is 7. The Morgan fingerprint density at radius 3 is 1.49 bits per heavy atom. The van der Waals surface area contributed by atoms with E-state index in [2.05, 4.69) is 240 Å². The smallest absolute Gasteiger partial charge is 0.296 e. The Morgan fingerprint density at radius 1 is 0.475 bits per heavy atom. The summed E-state index contributed by atoms with van der Waals surface area (Å²) in [6.07, 6.45) is 0.387. The number of rotatable bonds is 6. The molecule has 0 saturated heterocycles. The number of anilines is 10. The first-order valence-corrected chi connectivity index (χ1v) is 21.3. The van der Waals surface area contributed by atoms with Gasteiger partial charge in [0.15, 0.2) is 6.23 Å². The third-order valence-corrected chi connectivity index (χ3v) is 13.1. The highest BCUT2D eigenvalue weighted by Gasteiger charge is 2.51. The highest BCUT2D eigenvalue weighted by atomic mass is 16.5. The molecule has 12 rings (SSSR count). The van der Waals surface area contributed by atoms with Gasteiger partial charge in [-0.05, 0) is 101 Å². The number of benzene rings is 8. The molecule has 0 amide bonds. The molecule has 1 unspecified atom stereocenters. The van der Waals surface area contributed by atoms with Crippen molar-refractivity contribution in [2.75, 3.05) is 19.6 Å². The molecule has 4 aliphatic rings. The van der Waals surface area contributed by atoms with Gasteiger partial charge in [0.1, 0.15) is 0 Å². The molecule has 8 aromatic carbocycles. The van der Waals surface area contributed by atoms with Gasteiger partial charge < -0.3 is 24.3 Å². The Hall–Kier alpha value is -7.44.